The fraction of sp³-hybridized carbons (Fsp3) is 0.280. The fourth-order valence-corrected chi connectivity index (χ4v) is 5.35. The average molecular weight is 461 g/mol. The second-order valence-electron chi connectivity index (χ2n) is 8.00. The molecule has 0 unspecified atom stereocenters. The van der Waals surface area contributed by atoms with E-state index in [1.807, 2.05) is 54.3 Å². The predicted octanol–water partition coefficient (Wildman–Crippen LogP) is 4.29. The minimum atomic E-state index is -0.324. The van der Waals surface area contributed by atoms with E-state index in [-0.39, 0.29) is 11.9 Å². The number of ether oxygens (including phenoxy) is 1. The number of carbonyl (C=O) groups excluding carboxylic acids is 2. The van der Waals surface area contributed by atoms with Gasteiger partial charge in [0.05, 0.1) is 12.0 Å². The van der Waals surface area contributed by atoms with E-state index in [0.29, 0.717) is 43.2 Å². The van der Waals surface area contributed by atoms with Crippen LogP contribution in [0.2, 0.25) is 0 Å². The van der Waals surface area contributed by atoms with E-state index in [2.05, 4.69) is 14.9 Å². The van der Waals surface area contributed by atoms with Crippen LogP contribution in [0.3, 0.4) is 0 Å². The monoisotopic (exact) mass is 460 g/mol. The molecule has 8 heteroatoms. The van der Waals surface area contributed by atoms with Crippen LogP contribution in [0, 0.1) is 6.92 Å². The lowest BCUT2D eigenvalue weighted by atomic mass is 10.1. The molecule has 7 nitrogen and oxygen atoms in total. The molecule has 4 aromatic rings. The third-order valence-electron chi connectivity index (χ3n) is 6.03. The number of aryl methyl sites for hydroxylation is 1. The third kappa shape index (κ3) is 3.91. The summed E-state index contributed by atoms with van der Waals surface area (Å²) in [6.07, 6.45) is 1.54. The van der Waals surface area contributed by atoms with Crippen molar-refractivity contribution in [1.29, 1.82) is 0 Å². The highest BCUT2D eigenvalue weighted by Gasteiger charge is 2.27. The van der Waals surface area contributed by atoms with Gasteiger partial charge in [-0.3, -0.25) is 4.79 Å². The first-order chi connectivity index (χ1) is 16.1. The van der Waals surface area contributed by atoms with Crippen molar-refractivity contribution in [3.63, 3.8) is 0 Å². The first-order valence-corrected chi connectivity index (χ1v) is 11.8. The predicted molar refractivity (Wildman–Crippen MR) is 130 cm³/mol. The summed E-state index contributed by atoms with van der Waals surface area (Å²) >= 11 is 1.34. The van der Waals surface area contributed by atoms with Gasteiger partial charge in [0, 0.05) is 31.7 Å². The van der Waals surface area contributed by atoms with Crippen LogP contribution in [0.15, 0.2) is 48.8 Å². The van der Waals surface area contributed by atoms with Gasteiger partial charge in [-0.1, -0.05) is 30.3 Å². The summed E-state index contributed by atoms with van der Waals surface area (Å²) in [5.74, 6) is 0.529. The summed E-state index contributed by atoms with van der Waals surface area (Å²) in [6, 6.07) is 13.9. The van der Waals surface area contributed by atoms with Crippen LogP contribution < -0.4 is 4.90 Å². The van der Waals surface area contributed by atoms with Crippen molar-refractivity contribution >= 4 is 50.0 Å². The Morgan fingerprint density at radius 1 is 1.03 bits per heavy atom. The van der Waals surface area contributed by atoms with Crippen LogP contribution in [-0.2, 0) is 4.74 Å². The highest BCUT2D eigenvalue weighted by atomic mass is 32.1. The standard InChI is InChI=1S/C25H24N4O3S/c1-3-32-25(31)21-16(2)20-22(26-15-27-23(20)33-21)28-10-12-29(13-11-28)24(30)19-9-8-17-6-4-5-7-18(17)14-19/h4-9,14-15H,3,10-13H2,1-2H3. The lowest BCUT2D eigenvalue weighted by Gasteiger charge is -2.35. The van der Waals surface area contributed by atoms with E-state index >= 15 is 0 Å². The van der Waals surface area contributed by atoms with Gasteiger partial charge in [-0.25, -0.2) is 14.8 Å². The topological polar surface area (TPSA) is 75.6 Å². The largest absolute Gasteiger partial charge is 0.462 e. The molecular weight excluding hydrogens is 436 g/mol. The Bertz CT molecular complexity index is 1360. The van der Waals surface area contributed by atoms with E-state index in [9.17, 15) is 9.59 Å². The molecule has 0 aliphatic carbocycles. The van der Waals surface area contributed by atoms with Crippen molar-refractivity contribution in [3.05, 3.63) is 64.8 Å². The number of amides is 1. The Balaban J connectivity index is 1.35. The molecule has 0 radical (unpaired) electrons. The molecule has 1 amide bonds. The van der Waals surface area contributed by atoms with Crippen molar-refractivity contribution in [3.8, 4) is 0 Å². The molecule has 1 fully saturated rings. The van der Waals surface area contributed by atoms with Gasteiger partial charge in [0.25, 0.3) is 5.91 Å². The van der Waals surface area contributed by atoms with Gasteiger partial charge in [0.15, 0.2) is 0 Å². The SMILES string of the molecule is CCOC(=O)c1sc2ncnc(N3CCN(C(=O)c4ccc5ccccc5c4)CC3)c2c1C. The molecule has 1 aliphatic rings. The number of piperazine rings is 1. The van der Waals surface area contributed by atoms with Gasteiger partial charge in [-0.2, -0.15) is 0 Å². The third-order valence-corrected chi connectivity index (χ3v) is 7.21. The van der Waals surface area contributed by atoms with Crippen LogP contribution in [0.25, 0.3) is 21.0 Å². The van der Waals surface area contributed by atoms with Crippen LogP contribution in [0.5, 0.6) is 0 Å². The number of anilines is 1. The maximum absolute atomic E-state index is 13.1. The number of hydrogen-bond donors (Lipinski definition) is 0. The van der Waals surface area contributed by atoms with E-state index < -0.39 is 0 Å². The number of rotatable bonds is 4. The molecule has 2 aromatic heterocycles. The molecule has 1 saturated heterocycles. The number of fused-ring (bicyclic) bond motifs is 2. The summed E-state index contributed by atoms with van der Waals surface area (Å²) < 4.78 is 5.20. The van der Waals surface area contributed by atoms with E-state index in [1.165, 1.54) is 17.7 Å². The van der Waals surface area contributed by atoms with Gasteiger partial charge < -0.3 is 14.5 Å². The first kappa shape index (κ1) is 21.3. The Morgan fingerprint density at radius 3 is 2.55 bits per heavy atom. The molecule has 2 aromatic carbocycles. The second kappa shape index (κ2) is 8.78. The number of aromatic nitrogens is 2. The van der Waals surface area contributed by atoms with Gasteiger partial charge in [0.2, 0.25) is 0 Å². The van der Waals surface area contributed by atoms with Crippen molar-refractivity contribution in [2.45, 2.75) is 13.8 Å². The quantitative estimate of drug-likeness (QED) is 0.423. The zero-order chi connectivity index (χ0) is 22.9. The summed E-state index contributed by atoms with van der Waals surface area (Å²) in [6.45, 7) is 6.57. The summed E-state index contributed by atoms with van der Waals surface area (Å²) in [5.41, 5.74) is 1.55. The number of thiophene rings is 1. The van der Waals surface area contributed by atoms with E-state index in [0.717, 1.165) is 32.4 Å². The maximum atomic E-state index is 13.1. The van der Waals surface area contributed by atoms with Gasteiger partial charge in [0.1, 0.15) is 21.9 Å². The molecular formula is C25H24N4O3S. The molecule has 5 rings (SSSR count). The molecule has 1 aliphatic heterocycles. The first-order valence-electron chi connectivity index (χ1n) is 11.0. The van der Waals surface area contributed by atoms with E-state index in [1.54, 1.807) is 6.92 Å². The lowest BCUT2D eigenvalue weighted by Crippen LogP contribution is -2.49. The smallest absolute Gasteiger partial charge is 0.348 e. The number of benzene rings is 2. The normalized spacial score (nSPS) is 14.1. The number of nitrogens with zero attached hydrogens (tertiary/aromatic N) is 4. The molecule has 168 valence electrons. The van der Waals surface area contributed by atoms with Gasteiger partial charge in [-0.05, 0) is 42.3 Å². The summed E-state index contributed by atoms with van der Waals surface area (Å²) in [7, 11) is 0. The number of esters is 1. The lowest BCUT2D eigenvalue weighted by molar-refractivity contribution is 0.0531. The van der Waals surface area contributed by atoms with Gasteiger partial charge in [-0.15, -0.1) is 11.3 Å². The molecule has 0 N–H and O–H groups in total. The molecule has 0 spiro atoms. The highest BCUT2D eigenvalue weighted by Crippen LogP contribution is 2.35. The van der Waals surface area contributed by atoms with Crippen molar-refractivity contribution < 1.29 is 14.3 Å². The molecule has 0 atom stereocenters. The Kier molecular flexibility index (Phi) is 5.68. The second-order valence-corrected chi connectivity index (χ2v) is 8.99. The minimum Gasteiger partial charge on any atom is -0.462 e. The zero-order valence-electron chi connectivity index (χ0n) is 18.6. The fourth-order valence-electron chi connectivity index (χ4n) is 4.31. The van der Waals surface area contributed by atoms with Crippen LogP contribution >= 0.6 is 11.3 Å². The summed E-state index contributed by atoms with van der Waals surface area (Å²) in [4.78, 5) is 39.8. The van der Waals surface area contributed by atoms with Crippen LogP contribution in [0.4, 0.5) is 5.82 Å². The van der Waals surface area contributed by atoms with E-state index in [4.69, 9.17) is 4.74 Å². The van der Waals surface area contributed by atoms with Crippen molar-refractivity contribution in [2.24, 2.45) is 0 Å². The van der Waals surface area contributed by atoms with Crippen LogP contribution in [0.1, 0.15) is 32.5 Å². The number of carbonyl (C=O) groups is 2. The Labute approximate surface area is 195 Å². The molecule has 3 heterocycles. The summed E-state index contributed by atoms with van der Waals surface area (Å²) in [5, 5.41) is 3.08. The number of hydrogen-bond acceptors (Lipinski definition) is 7. The maximum Gasteiger partial charge on any atom is 0.348 e. The highest BCUT2D eigenvalue weighted by molar-refractivity contribution is 7.20. The van der Waals surface area contributed by atoms with Crippen molar-refractivity contribution in [1.82, 2.24) is 14.9 Å². The Hall–Kier alpha value is -3.52. The van der Waals surface area contributed by atoms with Gasteiger partial charge >= 0.3 is 5.97 Å². The average Bonchev–Trinajstić information content (AvgIpc) is 3.20. The molecule has 33 heavy (non-hydrogen) atoms. The molecule has 0 saturated carbocycles. The van der Waals surface area contributed by atoms with Crippen molar-refractivity contribution in [2.75, 3.05) is 37.7 Å². The minimum absolute atomic E-state index is 0.0459. The Morgan fingerprint density at radius 2 is 1.79 bits per heavy atom. The molecule has 0 bridgehead atoms. The zero-order valence-corrected chi connectivity index (χ0v) is 19.4. The van der Waals surface area contributed by atoms with Crippen LogP contribution in [-0.4, -0.2) is 59.5 Å².